The second-order valence-electron chi connectivity index (χ2n) is 4.16. The van der Waals surface area contributed by atoms with E-state index in [1.54, 1.807) is 25.2 Å². The van der Waals surface area contributed by atoms with Crippen LogP contribution in [-0.4, -0.2) is 22.5 Å². The van der Waals surface area contributed by atoms with Crippen molar-refractivity contribution < 1.29 is 14.7 Å². The summed E-state index contributed by atoms with van der Waals surface area (Å²) < 4.78 is 0. The van der Waals surface area contributed by atoms with Crippen LogP contribution in [0.15, 0.2) is 24.3 Å². The van der Waals surface area contributed by atoms with E-state index >= 15 is 0 Å². The summed E-state index contributed by atoms with van der Waals surface area (Å²) in [6, 6.07) is 0. The quantitative estimate of drug-likeness (QED) is 0.548. The van der Waals surface area contributed by atoms with E-state index in [4.69, 9.17) is 5.11 Å². The molecule has 2 N–H and O–H groups in total. The van der Waals surface area contributed by atoms with E-state index in [-0.39, 0.29) is 11.8 Å². The van der Waals surface area contributed by atoms with Crippen LogP contribution >= 0.6 is 0 Å². The molecular formula is C12H17NO3. The third-order valence-corrected chi connectivity index (χ3v) is 2.77. The van der Waals surface area contributed by atoms with Gasteiger partial charge in [0.15, 0.2) is 0 Å². The van der Waals surface area contributed by atoms with E-state index in [1.165, 1.54) is 6.08 Å². The normalized spacial score (nSPS) is 19.9. The molecule has 0 aromatic heterocycles. The first kappa shape index (κ1) is 12.5. The van der Waals surface area contributed by atoms with Gasteiger partial charge in [0.1, 0.15) is 5.54 Å². The van der Waals surface area contributed by atoms with Gasteiger partial charge < -0.3 is 10.4 Å². The molecule has 1 atom stereocenters. The average molecular weight is 223 g/mol. The topological polar surface area (TPSA) is 66.4 Å². The Morgan fingerprint density at radius 2 is 2.00 bits per heavy atom. The van der Waals surface area contributed by atoms with Crippen LogP contribution in [0.25, 0.3) is 0 Å². The highest BCUT2D eigenvalue weighted by atomic mass is 16.4. The monoisotopic (exact) mass is 223 g/mol. The summed E-state index contributed by atoms with van der Waals surface area (Å²) in [6.45, 7) is 3.40. The van der Waals surface area contributed by atoms with Gasteiger partial charge in [0.2, 0.25) is 5.91 Å². The van der Waals surface area contributed by atoms with E-state index in [9.17, 15) is 9.59 Å². The lowest BCUT2D eigenvalue weighted by Crippen LogP contribution is -2.53. The average Bonchev–Trinajstić information content (AvgIpc) is 3.00. The van der Waals surface area contributed by atoms with Crippen LogP contribution in [-0.2, 0) is 9.59 Å². The van der Waals surface area contributed by atoms with Crippen LogP contribution in [0.4, 0.5) is 0 Å². The van der Waals surface area contributed by atoms with Crippen molar-refractivity contribution in [2.75, 3.05) is 0 Å². The first-order chi connectivity index (χ1) is 7.50. The number of amides is 1. The Kier molecular flexibility index (Phi) is 3.88. The first-order valence-corrected chi connectivity index (χ1v) is 5.35. The maximum absolute atomic E-state index is 11.5. The van der Waals surface area contributed by atoms with Crippen molar-refractivity contribution in [3.63, 3.8) is 0 Å². The molecule has 0 aromatic rings. The Labute approximate surface area is 95.0 Å². The molecule has 0 bridgehead atoms. The minimum absolute atomic E-state index is 0.0593. The zero-order valence-corrected chi connectivity index (χ0v) is 9.56. The number of hydrogen-bond acceptors (Lipinski definition) is 2. The second-order valence-corrected chi connectivity index (χ2v) is 4.16. The molecule has 0 heterocycles. The zero-order valence-electron chi connectivity index (χ0n) is 9.56. The van der Waals surface area contributed by atoms with Gasteiger partial charge in [-0.05, 0) is 32.6 Å². The van der Waals surface area contributed by atoms with E-state index in [0.717, 1.165) is 12.8 Å². The Bertz CT molecular complexity index is 342. The maximum atomic E-state index is 11.5. The molecular weight excluding hydrogens is 206 g/mol. The standard InChI is InChI=1S/C12H17NO3/c1-3-4-5-6-10(14)13-12(2,11(15)16)9-7-8-9/h3-6,9H,7-8H2,1-2H3,(H,13,14)(H,15,16)/b4-3+,6-5+. The Balaban J connectivity index is 2.62. The van der Waals surface area contributed by atoms with Crippen LogP contribution in [0, 0.1) is 5.92 Å². The largest absolute Gasteiger partial charge is 0.480 e. The Morgan fingerprint density at radius 1 is 1.38 bits per heavy atom. The molecule has 1 aliphatic rings. The van der Waals surface area contributed by atoms with Gasteiger partial charge in [-0.15, -0.1) is 0 Å². The zero-order chi connectivity index (χ0) is 12.2. The van der Waals surface area contributed by atoms with Gasteiger partial charge in [-0.1, -0.05) is 18.2 Å². The second kappa shape index (κ2) is 4.96. The summed E-state index contributed by atoms with van der Waals surface area (Å²) in [5, 5.41) is 11.7. The minimum Gasteiger partial charge on any atom is -0.480 e. The van der Waals surface area contributed by atoms with E-state index in [0.29, 0.717) is 0 Å². The number of carbonyl (C=O) groups is 2. The van der Waals surface area contributed by atoms with Crippen molar-refractivity contribution in [2.24, 2.45) is 5.92 Å². The van der Waals surface area contributed by atoms with Gasteiger partial charge in [-0.25, -0.2) is 4.79 Å². The number of hydrogen-bond donors (Lipinski definition) is 2. The number of rotatable bonds is 5. The number of aliphatic carboxylic acids is 1. The molecule has 0 radical (unpaired) electrons. The molecule has 1 aliphatic carbocycles. The van der Waals surface area contributed by atoms with Gasteiger partial charge in [0.05, 0.1) is 0 Å². The van der Waals surface area contributed by atoms with Gasteiger partial charge in [0.25, 0.3) is 0 Å². The van der Waals surface area contributed by atoms with E-state index in [1.807, 2.05) is 6.92 Å². The first-order valence-electron chi connectivity index (χ1n) is 5.35. The van der Waals surface area contributed by atoms with E-state index in [2.05, 4.69) is 5.32 Å². The fraction of sp³-hybridized carbons (Fsp3) is 0.500. The number of carboxylic acids is 1. The number of carboxylic acid groups (broad SMARTS) is 1. The van der Waals surface area contributed by atoms with Crippen LogP contribution in [0.1, 0.15) is 26.7 Å². The molecule has 1 rings (SSSR count). The minimum atomic E-state index is -1.13. The van der Waals surface area contributed by atoms with Crippen LogP contribution < -0.4 is 5.32 Å². The summed E-state index contributed by atoms with van der Waals surface area (Å²) in [5.74, 6) is -1.28. The maximum Gasteiger partial charge on any atom is 0.329 e. The lowest BCUT2D eigenvalue weighted by atomic mass is 9.96. The van der Waals surface area contributed by atoms with Crippen LogP contribution in [0.3, 0.4) is 0 Å². The van der Waals surface area contributed by atoms with Crippen molar-refractivity contribution in [2.45, 2.75) is 32.2 Å². The smallest absolute Gasteiger partial charge is 0.329 e. The van der Waals surface area contributed by atoms with Crippen molar-refractivity contribution in [1.82, 2.24) is 5.32 Å². The number of allylic oxidation sites excluding steroid dienone is 3. The molecule has 4 nitrogen and oxygen atoms in total. The van der Waals surface area contributed by atoms with Gasteiger partial charge in [-0.3, -0.25) is 4.79 Å². The van der Waals surface area contributed by atoms with Gasteiger partial charge >= 0.3 is 5.97 Å². The van der Waals surface area contributed by atoms with Crippen LogP contribution in [0.5, 0.6) is 0 Å². The predicted octanol–water partition coefficient (Wildman–Crippen LogP) is 1.49. The molecule has 0 saturated heterocycles. The summed E-state index contributed by atoms with van der Waals surface area (Å²) in [7, 11) is 0. The van der Waals surface area contributed by atoms with Crippen molar-refractivity contribution in [3.8, 4) is 0 Å². The molecule has 1 fully saturated rings. The lowest BCUT2D eigenvalue weighted by molar-refractivity contribution is -0.147. The summed E-state index contributed by atoms with van der Waals surface area (Å²) >= 11 is 0. The molecule has 0 aliphatic heterocycles. The Morgan fingerprint density at radius 3 is 2.44 bits per heavy atom. The fourth-order valence-corrected chi connectivity index (χ4v) is 1.54. The molecule has 88 valence electrons. The molecule has 16 heavy (non-hydrogen) atoms. The third-order valence-electron chi connectivity index (χ3n) is 2.77. The SMILES string of the molecule is C/C=C/C=C/C(=O)NC(C)(C(=O)O)C1CC1. The molecule has 0 spiro atoms. The molecule has 1 amide bonds. The highest BCUT2D eigenvalue weighted by Crippen LogP contribution is 2.39. The molecule has 1 unspecified atom stereocenters. The molecule has 0 aromatic carbocycles. The summed E-state index contributed by atoms with van der Waals surface area (Å²) in [4.78, 5) is 22.6. The molecule has 4 heteroatoms. The fourth-order valence-electron chi connectivity index (χ4n) is 1.54. The lowest BCUT2D eigenvalue weighted by Gasteiger charge is -2.25. The van der Waals surface area contributed by atoms with Gasteiger partial charge in [-0.2, -0.15) is 0 Å². The highest BCUT2D eigenvalue weighted by Gasteiger charge is 2.48. The van der Waals surface area contributed by atoms with Gasteiger partial charge in [0, 0.05) is 6.08 Å². The van der Waals surface area contributed by atoms with E-state index < -0.39 is 11.5 Å². The Hall–Kier alpha value is -1.58. The van der Waals surface area contributed by atoms with Crippen molar-refractivity contribution >= 4 is 11.9 Å². The number of carbonyl (C=O) groups excluding carboxylic acids is 1. The van der Waals surface area contributed by atoms with Crippen molar-refractivity contribution in [1.29, 1.82) is 0 Å². The summed E-state index contributed by atoms with van der Waals surface area (Å²) in [5.41, 5.74) is -1.13. The predicted molar refractivity (Wildman–Crippen MR) is 60.9 cm³/mol. The number of nitrogens with one attached hydrogen (secondary N) is 1. The summed E-state index contributed by atoms with van der Waals surface area (Å²) in [6.07, 6.45) is 8.16. The molecule has 1 saturated carbocycles. The third kappa shape index (κ3) is 2.95. The van der Waals surface area contributed by atoms with Crippen LogP contribution in [0.2, 0.25) is 0 Å². The van der Waals surface area contributed by atoms with Crippen molar-refractivity contribution in [3.05, 3.63) is 24.3 Å². The highest BCUT2D eigenvalue weighted by molar-refractivity contribution is 5.93.